The summed E-state index contributed by atoms with van der Waals surface area (Å²) in [7, 11) is 0. The van der Waals surface area contributed by atoms with Crippen LogP contribution in [-0.4, -0.2) is 10.3 Å². The van der Waals surface area contributed by atoms with Crippen LogP contribution in [0.15, 0.2) is 34.9 Å². The minimum Gasteiger partial charge on any atom is -0.338 e. The highest BCUT2D eigenvalue weighted by Gasteiger charge is 2.19. The van der Waals surface area contributed by atoms with E-state index < -0.39 is 0 Å². The third-order valence-corrected chi connectivity index (χ3v) is 3.73. The minimum absolute atomic E-state index is 0.0543. The molecule has 0 saturated carbocycles. The summed E-state index contributed by atoms with van der Waals surface area (Å²) in [4.78, 5) is 0. The van der Waals surface area contributed by atoms with Gasteiger partial charge >= 0.3 is 0 Å². The molecule has 2 rings (SSSR count). The third-order valence-electron chi connectivity index (χ3n) is 3.52. The lowest BCUT2D eigenvalue weighted by molar-refractivity contribution is 0.405. The van der Waals surface area contributed by atoms with Gasteiger partial charge in [-0.25, -0.2) is 0 Å². The van der Waals surface area contributed by atoms with Crippen LogP contribution in [0.3, 0.4) is 0 Å². The quantitative estimate of drug-likeness (QED) is 0.752. The second kappa shape index (κ2) is 6.32. The lowest BCUT2D eigenvalue weighted by Gasteiger charge is -2.19. The Morgan fingerprint density at radius 2 is 1.57 bits per heavy atom. The molecule has 0 saturated heterocycles. The van der Waals surface area contributed by atoms with Crippen LogP contribution in [-0.2, 0) is 10.8 Å². The van der Waals surface area contributed by atoms with Gasteiger partial charge in [0, 0.05) is 17.2 Å². The molecule has 2 N–H and O–H groups in total. The minimum atomic E-state index is -0.0543. The smallest absolute Gasteiger partial charge is 0.231 e. The van der Waals surface area contributed by atoms with Crippen molar-refractivity contribution in [3.8, 4) is 0 Å². The summed E-state index contributed by atoms with van der Waals surface area (Å²) in [5.41, 5.74) is 3.19. The highest BCUT2D eigenvalue weighted by molar-refractivity contribution is 7.80. The Morgan fingerprint density at radius 1 is 0.957 bits per heavy atom. The van der Waals surface area contributed by atoms with Gasteiger partial charge in [-0.1, -0.05) is 58.8 Å². The van der Waals surface area contributed by atoms with Crippen molar-refractivity contribution in [2.75, 3.05) is 10.6 Å². The largest absolute Gasteiger partial charge is 0.338 e. The van der Waals surface area contributed by atoms with Crippen LogP contribution >= 0.6 is 12.2 Å². The Bertz CT molecular complexity index is 676. The van der Waals surface area contributed by atoms with Gasteiger partial charge in [0.15, 0.2) is 5.11 Å². The lowest BCUT2D eigenvalue weighted by atomic mass is 9.87. The molecule has 2 aromatic rings. The molecular formula is C18H25N3OS. The van der Waals surface area contributed by atoms with E-state index in [-0.39, 0.29) is 10.8 Å². The van der Waals surface area contributed by atoms with E-state index in [0.29, 0.717) is 11.0 Å². The maximum atomic E-state index is 5.32. The van der Waals surface area contributed by atoms with Crippen LogP contribution in [0.4, 0.5) is 11.6 Å². The molecule has 0 radical (unpaired) electrons. The van der Waals surface area contributed by atoms with Crippen molar-refractivity contribution >= 4 is 28.9 Å². The van der Waals surface area contributed by atoms with Crippen LogP contribution in [0.25, 0.3) is 0 Å². The van der Waals surface area contributed by atoms with Crippen molar-refractivity contribution in [3.63, 3.8) is 0 Å². The maximum absolute atomic E-state index is 5.32. The second-order valence-electron chi connectivity index (χ2n) is 7.73. The number of nitrogens with zero attached hydrogens (tertiary/aromatic N) is 1. The molecule has 23 heavy (non-hydrogen) atoms. The zero-order chi connectivity index (χ0) is 17.3. The SMILES string of the molecule is CC(C)(C)c1ccc(NC(=S)Nc2cc(C(C)(C)C)no2)cc1. The highest BCUT2D eigenvalue weighted by Crippen LogP contribution is 2.25. The van der Waals surface area contributed by atoms with Crippen molar-refractivity contribution in [2.45, 2.75) is 52.4 Å². The summed E-state index contributed by atoms with van der Waals surface area (Å²) in [5.74, 6) is 0.540. The molecule has 0 aliphatic carbocycles. The van der Waals surface area contributed by atoms with Crippen LogP contribution in [0.2, 0.25) is 0 Å². The van der Waals surface area contributed by atoms with Gasteiger partial charge in [0.1, 0.15) is 0 Å². The number of hydrogen-bond acceptors (Lipinski definition) is 3. The fraction of sp³-hybridized carbons (Fsp3) is 0.444. The molecule has 0 aliphatic rings. The molecule has 0 bridgehead atoms. The van der Waals surface area contributed by atoms with Crippen LogP contribution in [0, 0.1) is 0 Å². The Kier molecular flexibility index (Phi) is 4.80. The van der Waals surface area contributed by atoms with E-state index in [1.54, 1.807) is 0 Å². The first-order valence-electron chi connectivity index (χ1n) is 7.71. The first-order chi connectivity index (χ1) is 10.6. The Hall–Kier alpha value is -1.88. The number of nitrogens with one attached hydrogen (secondary N) is 2. The Morgan fingerprint density at radius 3 is 2.04 bits per heavy atom. The van der Waals surface area contributed by atoms with Gasteiger partial charge in [0.25, 0.3) is 0 Å². The van der Waals surface area contributed by atoms with E-state index in [9.17, 15) is 0 Å². The summed E-state index contributed by atoms with van der Waals surface area (Å²) in [6.07, 6.45) is 0. The van der Waals surface area contributed by atoms with Gasteiger partial charge in [0.2, 0.25) is 5.88 Å². The normalized spacial score (nSPS) is 12.1. The van der Waals surface area contributed by atoms with E-state index >= 15 is 0 Å². The molecule has 5 heteroatoms. The Labute approximate surface area is 143 Å². The standard InChI is InChI=1S/C18H25N3OS/c1-17(2,3)12-7-9-13(10-8-12)19-16(23)20-15-11-14(21-22-15)18(4,5)6/h7-11H,1-6H3,(H2,19,20,23). The van der Waals surface area contributed by atoms with Gasteiger partial charge in [-0.15, -0.1) is 0 Å². The molecule has 1 heterocycles. The van der Waals surface area contributed by atoms with Gasteiger partial charge in [0.05, 0.1) is 5.69 Å². The zero-order valence-electron chi connectivity index (χ0n) is 14.7. The number of thiocarbonyl (C=S) groups is 1. The van der Waals surface area contributed by atoms with Gasteiger partial charge in [-0.2, -0.15) is 0 Å². The summed E-state index contributed by atoms with van der Waals surface area (Å²) in [6, 6.07) is 10.1. The summed E-state index contributed by atoms with van der Waals surface area (Å²) < 4.78 is 5.27. The van der Waals surface area contributed by atoms with E-state index in [4.69, 9.17) is 16.7 Å². The van der Waals surface area contributed by atoms with Crippen molar-refractivity contribution in [2.24, 2.45) is 0 Å². The lowest BCUT2D eigenvalue weighted by Crippen LogP contribution is -2.19. The van der Waals surface area contributed by atoms with Crippen molar-refractivity contribution < 1.29 is 4.52 Å². The maximum Gasteiger partial charge on any atom is 0.231 e. The molecule has 0 fully saturated rings. The Balaban J connectivity index is 1.98. The summed E-state index contributed by atoms with van der Waals surface area (Å²) in [6.45, 7) is 12.8. The van der Waals surface area contributed by atoms with E-state index in [2.05, 4.69) is 69.5 Å². The first-order valence-corrected chi connectivity index (χ1v) is 8.12. The predicted molar refractivity (Wildman–Crippen MR) is 100 cm³/mol. The average molecular weight is 331 g/mol. The number of aromatic nitrogens is 1. The molecular weight excluding hydrogens is 306 g/mol. The van der Waals surface area contributed by atoms with E-state index in [0.717, 1.165) is 11.4 Å². The van der Waals surface area contributed by atoms with Crippen LogP contribution in [0.5, 0.6) is 0 Å². The first kappa shape index (κ1) is 17.5. The number of hydrogen-bond donors (Lipinski definition) is 2. The van der Waals surface area contributed by atoms with Crippen molar-refractivity contribution in [1.29, 1.82) is 0 Å². The molecule has 0 amide bonds. The molecule has 1 aromatic heterocycles. The van der Waals surface area contributed by atoms with Gasteiger partial charge < -0.3 is 15.2 Å². The fourth-order valence-corrected chi connectivity index (χ4v) is 2.23. The average Bonchev–Trinajstić information content (AvgIpc) is 2.86. The summed E-state index contributed by atoms with van der Waals surface area (Å²) >= 11 is 5.32. The van der Waals surface area contributed by atoms with E-state index in [1.165, 1.54) is 5.56 Å². The zero-order valence-corrected chi connectivity index (χ0v) is 15.5. The van der Waals surface area contributed by atoms with Crippen molar-refractivity contribution in [3.05, 3.63) is 41.6 Å². The third kappa shape index (κ3) is 4.79. The van der Waals surface area contributed by atoms with Crippen molar-refractivity contribution in [1.82, 2.24) is 5.16 Å². The molecule has 0 atom stereocenters. The highest BCUT2D eigenvalue weighted by atomic mass is 32.1. The molecule has 1 aromatic carbocycles. The van der Waals surface area contributed by atoms with Gasteiger partial charge in [-0.3, -0.25) is 0 Å². The summed E-state index contributed by atoms with van der Waals surface area (Å²) in [5, 5.41) is 10.7. The topological polar surface area (TPSA) is 50.1 Å². The van der Waals surface area contributed by atoms with Gasteiger partial charge in [-0.05, 0) is 35.3 Å². The van der Waals surface area contributed by atoms with E-state index in [1.807, 2.05) is 18.2 Å². The van der Waals surface area contributed by atoms with Crippen LogP contribution in [0.1, 0.15) is 52.8 Å². The number of benzene rings is 1. The predicted octanol–water partition coefficient (Wildman–Crippen LogP) is 5.08. The molecule has 4 nitrogen and oxygen atoms in total. The monoisotopic (exact) mass is 331 g/mol. The van der Waals surface area contributed by atoms with Crippen LogP contribution < -0.4 is 10.6 Å². The molecule has 0 aliphatic heterocycles. The number of rotatable bonds is 2. The molecule has 0 unspecified atom stereocenters. The number of anilines is 2. The molecule has 0 spiro atoms. The second-order valence-corrected chi connectivity index (χ2v) is 8.14. The molecule has 124 valence electrons. The fourth-order valence-electron chi connectivity index (χ4n) is 2.02.